The van der Waals surface area contributed by atoms with Gasteiger partial charge in [0.15, 0.2) is 0 Å². The molecule has 0 amide bonds. The number of aromatic nitrogens is 4. The van der Waals surface area contributed by atoms with E-state index in [-0.39, 0.29) is 12.6 Å². The van der Waals surface area contributed by atoms with Crippen LogP contribution in [0.15, 0.2) is 0 Å². The largest absolute Gasteiger partial charge is 0.394 e. The normalized spacial score (nSPS) is 12.8. The fourth-order valence-electron chi connectivity index (χ4n) is 0.876. The molecule has 1 rings (SSSR count). The minimum atomic E-state index is -0.185. The van der Waals surface area contributed by atoms with Gasteiger partial charge in [0.2, 0.25) is 5.95 Å². The van der Waals surface area contributed by atoms with Crippen LogP contribution in [0.3, 0.4) is 0 Å². The van der Waals surface area contributed by atoms with E-state index in [1.54, 1.807) is 14.2 Å². The van der Waals surface area contributed by atoms with Crippen LogP contribution in [0.4, 0.5) is 5.95 Å². The number of aliphatic hydroxyl groups excluding tert-OH is 1. The van der Waals surface area contributed by atoms with Crippen molar-refractivity contribution < 1.29 is 9.84 Å². The molecule has 74 valence electrons. The third-order valence-corrected chi connectivity index (χ3v) is 1.54. The molecule has 0 fully saturated rings. The van der Waals surface area contributed by atoms with Gasteiger partial charge in [-0.1, -0.05) is 5.10 Å². The molecular formula is C6H13N5O2. The quantitative estimate of drug-likeness (QED) is 0.591. The van der Waals surface area contributed by atoms with Gasteiger partial charge < -0.3 is 15.2 Å². The summed E-state index contributed by atoms with van der Waals surface area (Å²) in [5.74, 6) is 0.510. The maximum atomic E-state index is 8.93. The molecule has 0 radical (unpaired) electrons. The van der Waals surface area contributed by atoms with Crippen molar-refractivity contribution in [2.45, 2.75) is 6.04 Å². The second kappa shape index (κ2) is 4.73. The second-order valence-electron chi connectivity index (χ2n) is 2.61. The van der Waals surface area contributed by atoms with E-state index in [9.17, 15) is 0 Å². The molecule has 7 heteroatoms. The molecule has 0 bridgehead atoms. The number of hydrogen-bond acceptors (Lipinski definition) is 6. The highest BCUT2D eigenvalue weighted by atomic mass is 16.5. The minimum Gasteiger partial charge on any atom is -0.394 e. The van der Waals surface area contributed by atoms with E-state index in [0.29, 0.717) is 12.6 Å². The molecule has 0 aliphatic heterocycles. The fraction of sp³-hybridized carbons (Fsp3) is 0.833. The van der Waals surface area contributed by atoms with Crippen LogP contribution in [0.2, 0.25) is 0 Å². The van der Waals surface area contributed by atoms with Crippen LogP contribution >= 0.6 is 0 Å². The average molecular weight is 187 g/mol. The van der Waals surface area contributed by atoms with Gasteiger partial charge >= 0.3 is 0 Å². The van der Waals surface area contributed by atoms with Crippen molar-refractivity contribution in [2.75, 3.05) is 25.6 Å². The van der Waals surface area contributed by atoms with E-state index in [1.165, 1.54) is 4.68 Å². The highest BCUT2D eigenvalue weighted by molar-refractivity contribution is 5.23. The Kier molecular flexibility index (Phi) is 3.59. The number of tetrazole rings is 1. The van der Waals surface area contributed by atoms with Gasteiger partial charge in [0.05, 0.1) is 19.3 Å². The molecule has 0 aromatic carbocycles. The molecule has 1 atom stereocenters. The monoisotopic (exact) mass is 187 g/mol. The van der Waals surface area contributed by atoms with Crippen molar-refractivity contribution in [3.63, 3.8) is 0 Å². The van der Waals surface area contributed by atoms with E-state index in [1.807, 2.05) is 0 Å². The van der Waals surface area contributed by atoms with E-state index in [0.717, 1.165) is 0 Å². The predicted molar refractivity (Wildman–Crippen MR) is 45.2 cm³/mol. The average Bonchev–Trinajstić information content (AvgIpc) is 2.51. The van der Waals surface area contributed by atoms with Gasteiger partial charge in [-0.3, -0.25) is 0 Å². The summed E-state index contributed by atoms with van der Waals surface area (Å²) in [6, 6.07) is -0.185. The molecule has 2 N–H and O–H groups in total. The molecule has 7 nitrogen and oxygen atoms in total. The lowest BCUT2D eigenvalue weighted by Gasteiger charge is -2.14. The van der Waals surface area contributed by atoms with E-state index >= 15 is 0 Å². The summed E-state index contributed by atoms with van der Waals surface area (Å²) in [7, 11) is 3.28. The van der Waals surface area contributed by atoms with Gasteiger partial charge in [0, 0.05) is 14.2 Å². The Balaban J connectivity index is 2.51. The number of methoxy groups -OCH3 is 1. The van der Waals surface area contributed by atoms with E-state index in [4.69, 9.17) is 9.84 Å². The lowest BCUT2D eigenvalue weighted by atomic mass is 10.3. The van der Waals surface area contributed by atoms with Crippen LogP contribution in [0.5, 0.6) is 0 Å². The fourth-order valence-corrected chi connectivity index (χ4v) is 0.876. The Morgan fingerprint density at radius 1 is 1.69 bits per heavy atom. The highest BCUT2D eigenvalue weighted by Gasteiger charge is 2.09. The smallest absolute Gasteiger partial charge is 0.243 e. The van der Waals surface area contributed by atoms with Crippen LogP contribution in [0, 0.1) is 0 Å². The Labute approximate surface area is 75.7 Å². The lowest BCUT2D eigenvalue weighted by Crippen LogP contribution is -2.30. The van der Waals surface area contributed by atoms with Crippen molar-refractivity contribution in [1.29, 1.82) is 0 Å². The predicted octanol–water partition coefficient (Wildman–Crippen LogP) is -1.37. The van der Waals surface area contributed by atoms with Crippen molar-refractivity contribution in [2.24, 2.45) is 7.05 Å². The van der Waals surface area contributed by atoms with Crippen LogP contribution in [-0.2, 0) is 11.8 Å². The van der Waals surface area contributed by atoms with Gasteiger partial charge in [-0.2, -0.15) is 0 Å². The Hall–Kier alpha value is -1.21. The number of rotatable bonds is 5. The number of nitrogens with zero attached hydrogens (tertiary/aromatic N) is 4. The van der Waals surface area contributed by atoms with Crippen molar-refractivity contribution in [1.82, 2.24) is 20.2 Å². The van der Waals surface area contributed by atoms with Crippen molar-refractivity contribution in [3.8, 4) is 0 Å². The zero-order chi connectivity index (χ0) is 9.68. The summed E-state index contributed by atoms with van der Waals surface area (Å²) >= 11 is 0. The number of hydrogen-bond donors (Lipinski definition) is 2. The summed E-state index contributed by atoms with van der Waals surface area (Å²) in [6.07, 6.45) is 0. The molecular weight excluding hydrogens is 174 g/mol. The first-order valence-corrected chi connectivity index (χ1v) is 3.86. The van der Waals surface area contributed by atoms with Crippen LogP contribution in [0.25, 0.3) is 0 Å². The Morgan fingerprint density at radius 2 is 2.46 bits per heavy atom. The lowest BCUT2D eigenvalue weighted by molar-refractivity contribution is 0.152. The molecule has 0 saturated carbocycles. The molecule has 0 saturated heterocycles. The van der Waals surface area contributed by atoms with Crippen LogP contribution in [-0.4, -0.2) is 51.7 Å². The summed E-state index contributed by atoms with van der Waals surface area (Å²) in [5, 5.41) is 22.6. The summed E-state index contributed by atoms with van der Waals surface area (Å²) in [5.41, 5.74) is 0. The Bertz CT molecular complexity index is 251. The van der Waals surface area contributed by atoms with Crippen molar-refractivity contribution in [3.05, 3.63) is 0 Å². The molecule has 0 aliphatic carbocycles. The van der Waals surface area contributed by atoms with Crippen molar-refractivity contribution >= 4 is 5.95 Å². The number of aliphatic hydroxyl groups is 1. The van der Waals surface area contributed by atoms with Gasteiger partial charge in [-0.05, 0) is 10.4 Å². The summed E-state index contributed by atoms with van der Waals surface area (Å²) < 4.78 is 6.37. The molecule has 0 spiro atoms. The molecule has 1 aromatic rings. The third kappa shape index (κ3) is 2.63. The standard InChI is InChI=1S/C6H13N5O2/c1-11-6(8-9-10-11)7-5(3-12)4-13-2/h5,12H,3-4H2,1-2H3,(H,7,8,10). The topological polar surface area (TPSA) is 85.1 Å². The maximum absolute atomic E-state index is 8.93. The minimum absolute atomic E-state index is 0.0271. The number of ether oxygens (including phenoxy) is 1. The zero-order valence-corrected chi connectivity index (χ0v) is 7.64. The first kappa shape index (κ1) is 9.87. The first-order chi connectivity index (χ1) is 6.27. The molecule has 13 heavy (non-hydrogen) atoms. The molecule has 1 heterocycles. The van der Waals surface area contributed by atoms with Crippen LogP contribution < -0.4 is 5.32 Å². The molecule has 1 unspecified atom stereocenters. The number of nitrogens with one attached hydrogen (secondary N) is 1. The zero-order valence-electron chi connectivity index (χ0n) is 7.64. The van der Waals surface area contributed by atoms with Gasteiger partial charge in [0.25, 0.3) is 0 Å². The second-order valence-corrected chi connectivity index (χ2v) is 2.61. The van der Waals surface area contributed by atoms with Gasteiger partial charge in [-0.25, -0.2) is 4.68 Å². The summed E-state index contributed by atoms with van der Waals surface area (Å²) in [4.78, 5) is 0. The van der Waals surface area contributed by atoms with Gasteiger partial charge in [-0.15, -0.1) is 0 Å². The SMILES string of the molecule is COCC(CO)Nc1nnnn1C. The number of anilines is 1. The highest BCUT2D eigenvalue weighted by Crippen LogP contribution is 1.99. The van der Waals surface area contributed by atoms with E-state index < -0.39 is 0 Å². The van der Waals surface area contributed by atoms with Crippen LogP contribution in [0.1, 0.15) is 0 Å². The summed E-state index contributed by atoms with van der Waals surface area (Å²) in [6.45, 7) is 0.379. The third-order valence-electron chi connectivity index (χ3n) is 1.54. The van der Waals surface area contributed by atoms with Gasteiger partial charge in [0.1, 0.15) is 0 Å². The number of aryl methyl sites for hydroxylation is 1. The molecule has 0 aliphatic rings. The Morgan fingerprint density at radius 3 is 2.92 bits per heavy atom. The molecule has 1 aromatic heterocycles. The first-order valence-electron chi connectivity index (χ1n) is 3.86. The maximum Gasteiger partial charge on any atom is 0.243 e. The van der Waals surface area contributed by atoms with E-state index in [2.05, 4.69) is 20.8 Å².